The zero-order valence-electron chi connectivity index (χ0n) is 16.3. The van der Waals surface area contributed by atoms with Gasteiger partial charge in [-0.2, -0.15) is 5.10 Å². The summed E-state index contributed by atoms with van der Waals surface area (Å²) in [6.45, 7) is 0. The first-order valence-corrected chi connectivity index (χ1v) is 13.1. The van der Waals surface area contributed by atoms with Crippen molar-refractivity contribution in [2.75, 3.05) is 5.75 Å². The molecule has 3 aromatic heterocycles. The molecular weight excluding hydrogens is 434 g/mol. The van der Waals surface area contributed by atoms with Crippen molar-refractivity contribution in [3.05, 3.63) is 50.6 Å². The lowest BCUT2D eigenvalue weighted by Gasteiger charge is -2.20. The quantitative estimate of drug-likeness (QED) is 0.466. The van der Waals surface area contributed by atoms with Gasteiger partial charge >= 0.3 is 0 Å². The second-order valence-electron chi connectivity index (χ2n) is 8.00. The number of aromatic nitrogens is 3. The summed E-state index contributed by atoms with van der Waals surface area (Å²) in [4.78, 5) is 15.6. The van der Waals surface area contributed by atoms with E-state index in [1.54, 1.807) is 27.7 Å². The van der Waals surface area contributed by atoms with Crippen LogP contribution in [0.5, 0.6) is 0 Å². The van der Waals surface area contributed by atoms with Crippen LogP contribution in [0.3, 0.4) is 0 Å². The molecule has 3 aromatic rings. The Balaban J connectivity index is 1.22. The first kappa shape index (κ1) is 18.8. The number of hydrogen-bond acceptors (Lipinski definition) is 7. The van der Waals surface area contributed by atoms with Crippen molar-refractivity contribution in [1.29, 1.82) is 0 Å². The first-order valence-electron chi connectivity index (χ1n) is 10.3. The molecule has 1 atom stereocenters. The van der Waals surface area contributed by atoms with E-state index < -0.39 is 0 Å². The van der Waals surface area contributed by atoms with E-state index in [-0.39, 0.29) is 11.9 Å². The molecule has 30 heavy (non-hydrogen) atoms. The fourth-order valence-corrected chi connectivity index (χ4v) is 6.31. The van der Waals surface area contributed by atoms with Gasteiger partial charge in [-0.25, -0.2) is 5.01 Å². The number of nitrogens with zero attached hydrogens (tertiary/aromatic N) is 5. The van der Waals surface area contributed by atoms with Gasteiger partial charge in [0.05, 0.1) is 22.4 Å². The summed E-state index contributed by atoms with van der Waals surface area (Å²) in [5.74, 6) is 2.06. The molecule has 2 aliphatic carbocycles. The monoisotopic (exact) mass is 455 g/mol. The second-order valence-corrected chi connectivity index (χ2v) is 10.9. The van der Waals surface area contributed by atoms with Crippen LogP contribution >= 0.6 is 34.4 Å². The van der Waals surface area contributed by atoms with Crippen LogP contribution in [0.25, 0.3) is 0 Å². The summed E-state index contributed by atoms with van der Waals surface area (Å²) in [5, 5.41) is 20.4. The number of carbonyl (C=O) groups is 1. The SMILES string of the molecule is O=C(CSc1nnc(C2CC2)n1C1CC1)N1N=C(c2cccs2)C[C@H]1c1cccs1. The number of carbonyl (C=O) groups excluding carboxylic acids is 1. The lowest BCUT2D eigenvalue weighted by molar-refractivity contribution is -0.130. The summed E-state index contributed by atoms with van der Waals surface area (Å²) < 4.78 is 2.30. The highest BCUT2D eigenvalue weighted by atomic mass is 32.2. The van der Waals surface area contributed by atoms with Gasteiger partial charge in [-0.15, -0.1) is 32.9 Å². The number of thiophene rings is 2. The van der Waals surface area contributed by atoms with Gasteiger partial charge in [-0.1, -0.05) is 23.9 Å². The van der Waals surface area contributed by atoms with Crippen LogP contribution in [0.2, 0.25) is 0 Å². The van der Waals surface area contributed by atoms with Crippen LogP contribution in [-0.4, -0.2) is 37.1 Å². The molecule has 0 saturated heterocycles. The molecule has 3 aliphatic rings. The topological polar surface area (TPSA) is 63.4 Å². The molecule has 0 spiro atoms. The van der Waals surface area contributed by atoms with E-state index in [0.717, 1.165) is 28.0 Å². The van der Waals surface area contributed by atoms with Crippen molar-refractivity contribution < 1.29 is 4.79 Å². The Labute approximate surface area is 187 Å². The van der Waals surface area contributed by atoms with Crippen LogP contribution in [-0.2, 0) is 4.79 Å². The maximum Gasteiger partial charge on any atom is 0.253 e. The molecule has 0 aromatic carbocycles. The first-order chi connectivity index (χ1) is 14.8. The Morgan fingerprint density at radius 3 is 2.63 bits per heavy atom. The number of thioether (sulfide) groups is 1. The van der Waals surface area contributed by atoms with Gasteiger partial charge in [0.15, 0.2) is 5.16 Å². The minimum Gasteiger partial charge on any atom is -0.303 e. The molecule has 6 rings (SSSR count). The summed E-state index contributed by atoms with van der Waals surface area (Å²) in [6.07, 6.45) is 5.58. The number of rotatable bonds is 7. The Hall–Kier alpha value is -1.97. The lowest BCUT2D eigenvalue weighted by Crippen LogP contribution is -2.28. The molecule has 154 valence electrons. The van der Waals surface area contributed by atoms with E-state index in [4.69, 9.17) is 5.10 Å². The Morgan fingerprint density at radius 1 is 1.10 bits per heavy atom. The van der Waals surface area contributed by atoms with Crippen molar-refractivity contribution >= 4 is 46.1 Å². The highest BCUT2D eigenvalue weighted by molar-refractivity contribution is 7.99. The van der Waals surface area contributed by atoms with Crippen molar-refractivity contribution in [1.82, 2.24) is 19.8 Å². The van der Waals surface area contributed by atoms with Crippen LogP contribution < -0.4 is 0 Å². The molecule has 2 fully saturated rings. The summed E-state index contributed by atoms with van der Waals surface area (Å²) in [7, 11) is 0. The molecule has 4 heterocycles. The van der Waals surface area contributed by atoms with E-state index in [1.807, 2.05) is 12.1 Å². The van der Waals surface area contributed by atoms with Gasteiger partial charge in [0.1, 0.15) is 5.82 Å². The largest absolute Gasteiger partial charge is 0.303 e. The molecule has 0 radical (unpaired) electrons. The van der Waals surface area contributed by atoms with Gasteiger partial charge < -0.3 is 4.57 Å². The third-order valence-corrected chi connectivity index (χ3v) is 8.53. The van der Waals surface area contributed by atoms with E-state index in [9.17, 15) is 4.79 Å². The zero-order valence-corrected chi connectivity index (χ0v) is 18.8. The van der Waals surface area contributed by atoms with Crippen LogP contribution in [0.1, 0.15) is 65.7 Å². The lowest BCUT2D eigenvalue weighted by atomic mass is 10.1. The van der Waals surface area contributed by atoms with Gasteiger partial charge in [0.2, 0.25) is 0 Å². The fraction of sp³-hybridized carbons (Fsp3) is 0.429. The predicted molar refractivity (Wildman–Crippen MR) is 120 cm³/mol. The molecule has 1 aliphatic heterocycles. The molecule has 1 amide bonds. The molecular formula is C21H21N5OS3. The summed E-state index contributed by atoms with van der Waals surface area (Å²) in [6, 6.07) is 8.76. The zero-order chi connectivity index (χ0) is 20.1. The Morgan fingerprint density at radius 2 is 1.93 bits per heavy atom. The maximum atomic E-state index is 13.2. The average Bonchev–Trinajstić information content (AvgIpc) is 3.49. The van der Waals surface area contributed by atoms with E-state index in [2.05, 4.69) is 37.7 Å². The minimum atomic E-state index is -0.0153. The van der Waals surface area contributed by atoms with Crippen molar-refractivity contribution in [3.63, 3.8) is 0 Å². The second kappa shape index (κ2) is 7.62. The van der Waals surface area contributed by atoms with Gasteiger partial charge in [-0.05, 0) is 48.6 Å². The molecule has 0 N–H and O–H groups in total. The van der Waals surface area contributed by atoms with E-state index in [0.29, 0.717) is 17.7 Å². The van der Waals surface area contributed by atoms with E-state index >= 15 is 0 Å². The highest BCUT2D eigenvalue weighted by Crippen LogP contribution is 2.46. The molecule has 9 heteroatoms. The normalized spacial score (nSPS) is 21.3. The number of hydrazone groups is 1. The number of amides is 1. The number of hydrogen-bond donors (Lipinski definition) is 0. The van der Waals surface area contributed by atoms with E-state index in [1.165, 1.54) is 42.3 Å². The van der Waals surface area contributed by atoms with Crippen molar-refractivity contribution in [3.8, 4) is 0 Å². The third-order valence-electron chi connectivity index (χ3n) is 5.71. The van der Waals surface area contributed by atoms with Crippen molar-refractivity contribution in [2.24, 2.45) is 5.10 Å². The van der Waals surface area contributed by atoms with Crippen LogP contribution in [0, 0.1) is 0 Å². The molecule has 2 saturated carbocycles. The van der Waals surface area contributed by atoms with Gasteiger partial charge in [0.25, 0.3) is 5.91 Å². The molecule has 6 nitrogen and oxygen atoms in total. The van der Waals surface area contributed by atoms with Crippen LogP contribution in [0.15, 0.2) is 45.3 Å². The Bertz CT molecular complexity index is 1080. The smallest absolute Gasteiger partial charge is 0.253 e. The summed E-state index contributed by atoms with van der Waals surface area (Å²) >= 11 is 4.87. The molecule has 0 unspecified atom stereocenters. The maximum absolute atomic E-state index is 13.2. The predicted octanol–water partition coefficient (Wildman–Crippen LogP) is 5.08. The fourth-order valence-electron chi connectivity index (χ4n) is 3.91. The molecule has 0 bridgehead atoms. The van der Waals surface area contributed by atoms with Crippen LogP contribution in [0.4, 0.5) is 0 Å². The van der Waals surface area contributed by atoms with Crippen molar-refractivity contribution in [2.45, 2.75) is 55.3 Å². The standard InChI is InChI=1S/C21H21N5OS3/c27-19(12-30-21-23-22-20(13-5-6-13)25(21)14-7-8-14)26-16(18-4-2-10-29-18)11-15(24-26)17-3-1-9-28-17/h1-4,9-10,13-14,16H,5-8,11-12H2/t16-/m0/s1. The minimum absolute atomic E-state index is 0.0153. The average molecular weight is 456 g/mol. The Kier molecular flexibility index (Phi) is 4.77. The van der Waals surface area contributed by atoms with Gasteiger partial charge in [-0.3, -0.25) is 4.79 Å². The summed E-state index contributed by atoms with van der Waals surface area (Å²) in [5.41, 5.74) is 0.999. The highest BCUT2D eigenvalue weighted by Gasteiger charge is 2.37. The van der Waals surface area contributed by atoms with Gasteiger partial charge in [0, 0.05) is 23.3 Å². The third kappa shape index (κ3) is 3.52.